The SMILES string of the molecule is Cl.NCCCOc1cc(C(=O)NCCOc2cc3ccccc3cc2C(=O)Nc2ccc(Cl)cc2O)cc2ccccc12. The number of aromatic hydroxyl groups is 1. The van der Waals surface area contributed by atoms with Crippen LogP contribution in [-0.2, 0) is 0 Å². The van der Waals surface area contributed by atoms with Crippen LogP contribution in [0, 0.1) is 0 Å². The summed E-state index contributed by atoms with van der Waals surface area (Å²) in [5, 5.41) is 19.7. The van der Waals surface area contributed by atoms with Gasteiger partial charge in [0.25, 0.3) is 11.8 Å². The molecule has 0 aliphatic rings. The quantitative estimate of drug-likeness (QED) is 0.0980. The summed E-state index contributed by atoms with van der Waals surface area (Å²) in [4.78, 5) is 26.3. The molecule has 0 saturated carbocycles. The zero-order valence-corrected chi connectivity index (χ0v) is 24.7. The van der Waals surface area contributed by atoms with E-state index >= 15 is 0 Å². The number of carbonyl (C=O) groups excluding carboxylic acids is 2. The molecule has 8 nitrogen and oxygen atoms in total. The van der Waals surface area contributed by atoms with Gasteiger partial charge in [0.2, 0.25) is 0 Å². The molecule has 10 heteroatoms. The highest BCUT2D eigenvalue weighted by molar-refractivity contribution is 6.30. The van der Waals surface area contributed by atoms with Crippen molar-refractivity contribution in [3.05, 3.63) is 107 Å². The number of ether oxygens (including phenoxy) is 2. The standard InChI is InChI=1S/C33H30ClN3O5.ClH/c34-25-10-11-28(29(38)20-25)37-33(40)27-17-21-6-1-2-7-22(21)18-31(27)42-15-13-36-32(39)24-16-23-8-3-4-9-26(23)30(19-24)41-14-5-12-35;/h1-4,6-11,16-20,38H,5,12-15,35H2,(H,36,39)(H,37,40);1H. The van der Waals surface area contributed by atoms with Gasteiger partial charge in [-0.3, -0.25) is 9.59 Å². The van der Waals surface area contributed by atoms with Gasteiger partial charge in [0.15, 0.2) is 0 Å². The average molecular weight is 621 g/mol. The molecule has 0 aliphatic carbocycles. The van der Waals surface area contributed by atoms with E-state index in [0.29, 0.717) is 41.7 Å². The summed E-state index contributed by atoms with van der Waals surface area (Å²) in [5.41, 5.74) is 6.56. The minimum atomic E-state index is -0.462. The number of phenolic OH excluding ortho intramolecular Hbond substituents is 1. The van der Waals surface area contributed by atoms with Gasteiger partial charge in [0.1, 0.15) is 23.9 Å². The van der Waals surface area contributed by atoms with Crippen LogP contribution < -0.4 is 25.8 Å². The number of nitrogens with one attached hydrogen (secondary N) is 2. The van der Waals surface area contributed by atoms with Gasteiger partial charge in [-0.05, 0) is 65.5 Å². The van der Waals surface area contributed by atoms with Gasteiger partial charge < -0.3 is 30.9 Å². The zero-order valence-electron chi connectivity index (χ0n) is 23.1. The average Bonchev–Trinajstić information content (AvgIpc) is 3.00. The molecule has 0 fully saturated rings. The second-order valence-electron chi connectivity index (χ2n) is 9.60. The number of rotatable bonds is 11. The lowest BCUT2D eigenvalue weighted by Gasteiger charge is -2.15. The Balaban J connectivity index is 0.00000423. The lowest BCUT2D eigenvalue weighted by molar-refractivity contribution is 0.0944. The van der Waals surface area contributed by atoms with Crippen molar-refractivity contribution >= 4 is 63.1 Å². The lowest BCUT2D eigenvalue weighted by atomic mass is 10.0. The first-order chi connectivity index (χ1) is 20.4. The van der Waals surface area contributed by atoms with Crippen LogP contribution in [0.4, 0.5) is 5.69 Å². The Labute approximate surface area is 260 Å². The Morgan fingerprint density at radius 2 is 1.49 bits per heavy atom. The topological polar surface area (TPSA) is 123 Å². The lowest BCUT2D eigenvalue weighted by Crippen LogP contribution is -2.28. The summed E-state index contributed by atoms with van der Waals surface area (Å²) in [6.07, 6.45) is 0.706. The molecule has 5 rings (SSSR count). The van der Waals surface area contributed by atoms with Crippen molar-refractivity contribution in [1.29, 1.82) is 0 Å². The van der Waals surface area contributed by atoms with Gasteiger partial charge in [0, 0.05) is 22.0 Å². The number of amides is 2. The number of carbonyl (C=O) groups is 2. The molecule has 0 heterocycles. The molecular formula is C33H31Cl2N3O5. The summed E-state index contributed by atoms with van der Waals surface area (Å²) < 4.78 is 11.9. The summed E-state index contributed by atoms with van der Waals surface area (Å²) in [5.74, 6) is 0.0820. The van der Waals surface area contributed by atoms with Crippen LogP contribution >= 0.6 is 24.0 Å². The van der Waals surface area contributed by atoms with Crippen LogP contribution in [0.1, 0.15) is 27.1 Å². The maximum Gasteiger partial charge on any atom is 0.259 e. The second-order valence-corrected chi connectivity index (χ2v) is 10.0. The molecule has 222 valence electrons. The number of benzene rings is 5. The summed E-state index contributed by atoms with van der Waals surface area (Å²) in [7, 11) is 0. The molecule has 0 atom stereocenters. The van der Waals surface area contributed by atoms with Crippen LogP contribution in [0.2, 0.25) is 5.02 Å². The Morgan fingerprint density at radius 1 is 0.791 bits per heavy atom. The number of hydrogen-bond donors (Lipinski definition) is 4. The van der Waals surface area contributed by atoms with Crippen molar-refractivity contribution in [2.24, 2.45) is 5.73 Å². The van der Waals surface area contributed by atoms with Crippen molar-refractivity contribution < 1.29 is 24.2 Å². The van der Waals surface area contributed by atoms with Crippen LogP contribution in [0.25, 0.3) is 21.5 Å². The molecule has 0 spiro atoms. The van der Waals surface area contributed by atoms with Crippen molar-refractivity contribution in [1.82, 2.24) is 5.32 Å². The maximum atomic E-state index is 13.3. The molecule has 5 N–H and O–H groups in total. The third-order valence-electron chi connectivity index (χ3n) is 6.64. The highest BCUT2D eigenvalue weighted by Crippen LogP contribution is 2.31. The minimum Gasteiger partial charge on any atom is -0.506 e. The fraction of sp³-hybridized carbons (Fsp3) is 0.152. The molecule has 2 amide bonds. The van der Waals surface area contributed by atoms with Crippen molar-refractivity contribution in [2.75, 3.05) is 31.6 Å². The molecule has 0 unspecified atom stereocenters. The number of hydrogen-bond acceptors (Lipinski definition) is 6. The fourth-order valence-electron chi connectivity index (χ4n) is 4.54. The van der Waals surface area contributed by atoms with Crippen LogP contribution in [0.5, 0.6) is 17.2 Å². The third kappa shape index (κ3) is 7.67. The van der Waals surface area contributed by atoms with Crippen LogP contribution in [-0.4, -0.2) is 43.2 Å². The maximum absolute atomic E-state index is 13.3. The second kappa shape index (κ2) is 14.6. The summed E-state index contributed by atoms with van der Waals surface area (Å²) in [6.45, 7) is 1.28. The van der Waals surface area contributed by atoms with Gasteiger partial charge in [-0.1, -0.05) is 60.1 Å². The molecule has 0 aromatic heterocycles. The highest BCUT2D eigenvalue weighted by atomic mass is 35.5. The molecule has 43 heavy (non-hydrogen) atoms. The predicted octanol–water partition coefficient (Wildman–Crippen LogP) is 6.56. The molecule has 5 aromatic carbocycles. The largest absolute Gasteiger partial charge is 0.506 e. The van der Waals surface area contributed by atoms with Crippen molar-refractivity contribution in [3.63, 3.8) is 0 Å². The Hall–Kier alpha value is -4.50. The van der Waals surface area contributed by atoms with Crippen LogP contribution in [0.3, 0.4) is 0 Å². The molecular weight excluding hydrogens is 589 g/mol. The first-order valence-corrected chi connectivity index (χ1v) is 13.9. The van der Waals surface area contributed by atoms with E-state index in [-0.39, 0.29) is 48.5 Å². The van der Waals surface area contributed by atoms with E-state index in [1.54, 1.807) is 24.3 Å². The zero-order chi connectivity index (χ0) is 29.5. The van der Waals surface area contributed by atoms with Crippen LogP contribution in [0.15, 0.2) is 91.0 Å². The Morgan fingerprint density at radius 3 is 2.23 bits per heavy atom. The first kappa shape index (κ1) is 31.4. The summed E-state index contributed by atoms with van der Waals surface area (Å²) >= 11 is 5.92. The van der Waals surface area contributed by atoms with Gasteiger partial charge in [-0.2, -0.15) is 0 Å². The molecule has 0 bridgehead atoms. The number of nitrogens with two attached hydrogens (primary N) is 1. The number of anilines is 1. The third-order valence-corrected chi connectivity index (χ3v) is 6.87. The predicted molar refractivity (Wildman–Crippen MR) is 173 cm³/mol. The Kier molecular flexibility index (Phi) is 10.7. The fourth-order valence-corrected chi connectivity index (χ4v) is 4.70. The van der Waals surface area contributed by atoms with E-state index < -0.39 is 5.91 Å². The van der Waals surface area contributed by atoms with E-state index in [0.717, 1.165) is 21.5 Å². The molecule has 0 aliphatic heterocycles. The van der Waals surface area contributed by atoms with E-state index in [1.165, 1.54) is 12.1 Å². The van der Waals surface area contributed by atoms with E-state index in [2.05, 4.69) is 10.6 Å². The van der Waals surface area contributed by atoms with Gasteiger partial charge in [-0.15, -0.1) is 12.4 Å². The molecule has 0 saturated heterocycles. The first-order valence-electron chi connectivity index (χ1n) is 13.5. The van der Waals surface area contributed by atoms with Gasteiger partial charge >= 0.3 is 0 Å². The van der Waals surface area contributed by atoms with Crippen molar-refractivity contribution in [3.8, 4) is 17.2 Å². The van der Waals surface area contributed by atoms with E-state index in [1.807, 2.05) is 54.6 Å². The summed E-state index contributed by atoms with van der Waals surface area (Å²) in [6, 6.07) is 26.8. The molecule has 5 aromatic rings. The van der Waals surface area contributed by atoms with Crippen molar-refractivity contribution in [2.45, 2.75) is 6.42 Å². The number of fused-ring (bicyclic) bond motifs is 2. The highest BCUT2D eigenvalue weighted by Gasteiger charge is 2.17. The Bertz CT molecular complexity index is 1760. The van der Waals surface area contributed by atoms with E-state index in [9.17, 15) is 14.7 Å². The smallest absolute Gasteiger partial charge is 0.259 e. The normalized spacial score (nSPS) is 10.7. The monoisotopic (exact) mass is 619 g/mol. The molecule has 0 radical (unpaired) electrons. The number of halogens is 2. The minimum absolute atomic E-state index is 0. The van der Waals surface area contributed by atoms with Gasteiger partial charge in [-0.25, -0.2) is 0 Å². The number of phenols is 1. The van der Waals surface area contributed by atoms with Gasteiger partial charge in [0.05, 0.1) is 24.4 Å². The van der Waals surface area contributed by atoms with E-state index in [4.69, 9.17) is 26.8 Å².